The molecule has 0 spiro atoms. The Bertz CT molecular complexity index is 917. The SMILES string of the molecule is N#Cc1ccc(OCC(=O)Nc2ccccc2C(=O)NC2CCCC2)c(Cl)c1. The minimum absolute atomic E-state index is 0.193. The summed E-state index contributed by atoms with van der Waals surface area (Å²) in [6, 6.07) is 13.6. The second-order valence-electron chi connectivity index (χ2n) is 6.59. The van der Waals surface area contributed by atoms with Gasteiger partial charge in [-0.25, -0.2) is 0 Å². The number of carbonyl (C=O) groups excluding carboxylic acids is 2. The van der Waals surface area contributed by atoms with Gasteiger partial charge >= 0.3 is 0 Å². The molecule has 0 aromatic heterocycles. The fourth-order valence-corrected chi connectivity index (χ4v) is 3.38. The van der Waals surface area contributed by atoms with Crippen molar-refractivity contribution in [2.75, 3.05) is 11.9 Å². The molecule has 1 saturated carbocycles. The van der Waals surface area contributed by atoms with E-state index in [1.807, 2.05) is 6.07 Å². The van der Waals surface area contributed by atoms with Crippen molar-refractivity contribution >= 4 is 29.1 Å². The van der Waals surface area contributed by atoms with E-state index < -0.39 is 5.91 Å². The quantitative estimate of drug-likeness (QED) is 0.773. The number of nitrogens with one attached hydrogen (secondary N) is 2. The fraction of sp³-hybridized carbons (Fsp3) is 0.286. The number of carbonyl (C=O) groups is 2. The largest absolute Gasteiger partial charge is 0.482 e. The van der Waals surface area contributed by atoms with Crippen molar-refractivity contribution < 1.29 is 14.3 Å². The molecular formula is C21H20ClN3O3. The van der Waals surface area contributed by atoms with Gasteiger partial charge in [-0.3, -0.25) is 9.59 Å². The molecule has 28 heavy (non-hydrogen) atoms. The van der Waals surface area contributed by atoms with Crippen LogP contribution in [0.2, 0.25) is 5.02 Å². The van der Waals surface area contributed by atoms with Gasteiger partial charge < -0.3 is 15.4 Å². The lowest BCUT2D eigenvalue weighted by Gasteiger charge is -2.15. The number of rotatable bonds is 6. The summed E-state index contributed by atoms with van der Waals surface area (Å²) in [5.41, 5.74) is 1.25. The van der Waals surface area contributed by atoms with E-state index in [2.05, 4.69) is 10.6 Å². The Kier molecular flexibility index (Phi) is 6.51. The van der Waals surface area contributed by atoms with E-state index in [-0.39, 0.29) is 23.6 Å². The zero-order chi connectivity index (χ0) is 19.9. The first-order valence-corrected chi connectivity index (χ1v) is 9.47. The molecule has 0 bridgehead atoms. The van der Waals surface area contributed by atoms with E-state index >= 15 is 0 Å². The molecule has 0 atom stereocenters. The van der Waals surface area contributed by atoms with Crippen LogP contribution in [0.15, 0.2) is 42.5 Å². The molecule has 0 aliphatic heterocycles. The molecule has 0 radical (unpaired) electrons. The maximum atomic E-state index is 12.5. The summed E-state index contributed by atoms with van der Waals surface area (Å²) in [4.78, 5) is 24.8. The van der Waals surface area contributed by atoms with Gasteiger partial charge in [0.05, 0.1) is 27.9 Å². The van der Waals surface area contributed by atoms with E-state index in [0.717, 1.165) is 25.7 Å². The topological polar surface area (TPSA) is 91.2 Å². The highest BCUT2D eigenvalue weighted by molar-refractivity contribution is 6.32. The Balaban J connectivity index is 1.61. The molecule has 0 unspecified atom stereocenters. The predicted octanol–water partition coefficient (Wildman–Crippen LogP) is 3.90. The Morgan fingerprint density at radius 3 is 2.64 bits per heavy atom. The van der Waals surface area contributed by atoms with Crippen molar-refractivity contribution in [1.82, 2.24) is 5.32 Å². The number of nitriles is 1. The van der Waals surface area contributed by atoms with E-state index in [1.165, 1.54) is 12.1 Å². The van der Waals surface area contributed by atoms with Gasteiger partial charge in [-0.1, -0.05) is 36.6 Å². The van der Waals surface area contributed by atoms with Gasteiger partial charge in [-0.15, -0.1) is 0 Å². The average Bonchev–Trinajstić information content (AvgIpc) is 3.20. The Morgan fingerprint density at radius 2 is 1.93 bits per heavy atom. The number of hydrogen-bond acceptors (Lipinski definition) is 4. The minimum Gasteiger partial charge on any atom is -0.482 e. The molecule has 144 valence electrons. The van der Waals surface area contributed by atoms with Crippen molar-refractivity contribution in [2.24, 2.45) is 0 Å². The number of halogens is 1. The molecule has 2 aromatic carbocycles. The van der Waals surface area contributed by atoms with Crippen LogP contribution in [0.4, 0.5) is 5.69 Å². The Labute approximate surface area is 168 Å². The zero-order valence-corrected chi connectivity index (χ0v) is 16.0. The maximum Gasteiger partial charge on any atom is 0.262 e. The highest BCUT2D eigenvalue weighted by Crippen LogP contribution is 2.25. The van der Waals surface area contributed by atoms with E-state index in [0.29, 0.717) is 22.6 Å². The summed E-state index contributed by atoms with van der Waals surface area (Å²) in [6.45, 7) is -0.274. The third-order valence-corrected chi connectivity index (χ3v) is 4.85. The first-order valence-electron chi connectivity index (χ1n) is 9.09. The summed E-state index contributed by atoms with van der Waals surface area (Å²) in [7, 11) is 0. The molecule has 2 N–H and O–H groups in total. The number of para-hydroxylation sites is 1. The number of anilines is 1. The van der Waals surface area contributed by atoms with Gasteiger partial charge in [0, 0.05) is 6.04 Å². The molecule has 7 heteroatoms. The normalized spacial score (nSPS) is 13.6. The van der Waals surface area contributed by atoms with Gasteiger partial charge in [0.15, 0.2) is 6.61 Å². The predicted molar refractivity (Wildman–Crippen MR) is 106 cm³/mol. The molecule has 0 heterocycles. The van der Waals surface area contributed by atoms with Crippen LogP contribution in [0.1, 0.15) is 41.6 Å². The maximum absolute atomic E-state index is 12.5. The highest BCUT2D eigenvalue weighted by atomic mass is 35.5. The standard InChI is InChI=1S/C21H20ClN3O3/c22-17-11-14(12-23)9-10-19(17)28-13-20(26)25-18-8-4-3-7-16(18)21(27)24-15-5-1-2-6-15/h3-4,7-11,15H,1-2,5-6,13H2,(H,24,27)(H,25,26). The molecule has 2 aromatic rings. The van der Waals surface area contributed by atoms with Crippen LogP contribution in [0, 0.1) is 11.3 Å². The van der Waals surface area contributed by atoms with Crippen molar-refractivity contribution in [2.45, 2.75) is 31.7 Å². The van der Waals surface area contributed by atoms with Crippen LogP contribution in [-0.2, 0) is 4.79 Å². The molecule has 1 fully saturated rings. The average molecular weight is 398 g/mol. The first-order chi connectivity index (χ1) is 13.6. The number of benzene rings is 2. The molecule has 6 nitrogen and oxygen atoms in total. The van der Waals surface area contributed by atoms with Crippen molar-refractivity contribution in [1.29, 1.82) is 5.26 Å². The Hall–Kier alpha value is -3.04. The summed E-state index contributed by atoms with van der Waals surface area (Å²) in [5.74, 6) is -0.302. The summed E-state index contributed by atoms with van der Waals surface area (Å²) in [6.07, 6.45) is 4.22. The lowest BCUT2D eigenvalue weighted by atomic mass is 10.1. The molecule has 1 aliphatic carbocycles. The number of hydrogen-bond donors (Lipinski definition) is 2. The third kappa shape index (κ3) is 5.02. The second kappa shape index (κ2) is 9.25. The van der Waals surface area contributed by atoms with Crippen LogP contribution in [0.3, 0.4) is 0 Å². The van der Waals surface area contributed by atoms with Crippen LogP contribution in [0.25, 0.3) is 0 Å². The zero-order valence-electron chi connectivity index (χ0n) is 15.2. The van der Waals surface area contributed by atoms with Gasteiger partial charge in [-0.2, -0.15) is 5.26 Å². The molecule has 3 rings (SSSR count). The van der Waals surface area contributed by atoms with E-state index in [4.69, 9.17) is 21.6 Å². The van der Waals surface area contributed by atoms with E-state index in [1.54, 1.807) is 30.3 Å². The minimum atomic E-state index is -0.415. The first kappa shape index (κ1) is 19.7. The lowest BCUT2D eigenvalue weighted by Crippen LogP contribution is -2.33. The number of amides is 2. The van der Waals surface area contributed by atoms with Crippen LogP contribution < -0.4 is 15.4 Å². The number of ether oxygens (including phenoxy) is 1. The highest BCUT2D eigenvalue weighted by Gasteiger charge is 2.20. The molecule has 2 amide bonds. The van der Waals surface area contributed by atoms with E-state index in [9.17, 15) is 9.59 Å². The lowest BCUT2D eigenvalue weighted by molar-refractivity contribution is -0.118. The van der Waals surface area contributed by atoms with Crippen LogP contribution in [0.5, 0.6) is 5.75 Å². The van der Waals surface area contributed by atoms with Gasteiger partial charge in [0.25, 0.3) is 11.8 Å². The molecular weight excluding hydrogens is 378 g/mol. The van der Waals surface area contributed by atoms with Crippen molar-refractivity contribution in [3.63, 3.8) is 0 Å². The summed E-state index contributed by atoms with van der Waals surface area (Å²) < 4.78 is 5.42. The Morgan fingerprint density at radius 1 is 1.18 bits per heavy atom. The number of nitrogens with zero attached hydrogens (tertiary/aromatic N) is 1. The van der Waals surface area contributed by atoms with Crippen molar-refractivity contribution in [3.05, 3.63) is 58.6 Å². The van der Waals surface area contributed by atoms with Gasteiger partial charge in [0.1, 0.15) is 5.75 Å². The smallest absolute Gasteiger partial charge is 0.262 e. The third-order valence-electron chi connectivity index (χ3n) is 4.56. The van der Waals surface area contributed by atoms with Crippen molar-refractivity contribution in [3.8, 4) is 11.8 Å². The van der Waals surface area contributed by atoms with Crippen LogP contribution >= 0.6 is 11.6 Å². The van der Waals surface area contributed by atoms with Crippen LogP contribution in [-0.4, -0.2) is 24.5 Å². The molecule has 1 aliphatic rings. The summed E-state index contributed by atoms with van der Waals surface area (Å²) in [5, 5.41) is 14.8. The fourth-order valence-electron chi connectivity index (χ4n) is 3.14. The monoisotopic (exact) mass is 397 g/mol. The molecule has 0 saturated heterocycles. The summed E-state index contributed by atoms with van der Waals surface area (Å²) >= 11 is 6.04. The second-order valence-corrected chi connectivity index (χ2v) is 7.00. The van der Waals surface area contributed by atoms with Gasteiger partial charge in [-0.05, 0) is 43.2 Å². The van der Waals surface area contributed by atoms with Gasteiger partial charge in [0.2, 0.25) is 0 Å².